The number of nitrogens with zero attached hydrogens (tertiary/aromatic N) is 1. The number of carboxylic acids is 1. The molecule has 1 N–H and O–H groups in total. The van der Waals surface area contributed by atoms with Gasteiger partial charge in [-0.1, -0.05) is 52.5 Å². The number of carboxylic acid groups (broad SMARTS) is 1. The van der Waals surface area contributed by atoms with Gasteiger partial charge in [0.05, 0.1) is 4.90 Å². The molecule has 2 aliphatic rings. The number of benzene rings is 2. The quantitative estimate of drug-likeness (QED) is 0.552. The molecule has 2 fully saturated rings. The van der Waals surface area contributed by atoms with E-state index in [1.807, 2.05) is 6.92 Å². The van der Waals surface area contributed by atoms with E-state index in [0.29, 0.717) is 5.56 Å². The van der Waals surface area contributed by atoms with Crippen LogP contribution in [-0.2, 0) is 29.2 Å². The molecule has 9 heteroatoms. The second-order valence-electron chi connectivity index (χ2n) is 7.56. The summed E-state index contributed by atoms with van der Waals surface area (Å²) in [5.74, 6) is -2.09. The normalized spacial score (nSPS) is 23.1. The molecule has 1 aliphatic carbocycles. The molecule has 2 aromatic carbocycles. The van der Waals surface area contributed by atoms with Gasteiger partial charge in [0.1, 0.15) is 12.6 Å². The topological polar surface area (TPSA) is 110 Å². The SMILES string of the molecule is Cc1ccc(S(=O)(=O)N2OC[C@H](OC(=O)C3(C(=O)O)CC3)[C@H]2c2ccccc2)cc1. The van der Waals surface area contributed by atoms with Gasteiger partial charge in [-0.15, -0.1) is 0 Å². The lowest BCUT2D eigenvalue weighted by Crippen LogP contribution is -2.37. The van der Waals surface area contributed by atoms with Gasteiger partial charge in [-0.2, -0.15) is 0 Å². The number of sulfonamides is 1. The van der Waals surface area contributed by atoms with Gasteiger partial charge in [0.2, 0.25) is 0 Å². The fourth-order valence-electron chi connectivity index (χ4n) is 3.45. The summed E-state index contributed by atoms with van der Waals surface area (Å²) in [6.45, 7) is 1.65. The molecule has 1 saturated carbocycles. The zero-order valence-electron chi connectivity index (χ0n) is 16.2. The standard InChI is InChI=1S/C21H21NO7S/c1-14-7-9-16(10-8-14)30(26,27)22-18(15-5-3-2-4-6-15)17(13-28-22)29-20(25)21(11-12-21)19(23)24/h2-10,17-18H,11-13H2,1H3,(H,23,24)/t17-,18+/m0/s1. The average molecular weight is 431 g/mol. The smallest absolute Gasteiger partial charge is 0.323 e. The highest BCUT2D eigenvalue weighted by atomic mass is 32.2. The fraction of sp³-hybridized carbons (Fsp3) is 0.333. The van der Waals surface area contributed by atoms with Crippen molar-refractivity contribution in [3.63, 3.8) is 0 Å². The summed E-state index contributed by atoms with van der Waals surface area (Å²) in [6.07, 6.45) is -0.566. The highest BCUT2D eigenvalue weighted by molar-refractivity contribution is 7.89. The van der Waals surface area contributed by atoms with Crippen LogP contribution in [0.4, 0.5) is 0 Å². The fourth-order valence-corrected chi connectivity index (χ4v) is 4.90. The highest BCUT2D eigenvalue weighted by Crippen LogP contribution is 2.48. The summed E-state index contributed by atoms with van der Waals surface area (Å²) in [7, 11) is -4.05. The van der Waals surface area contributed by atoms with Crippen LogP contribution in [0.3, 0.4) is 0 Å². The Morgan fingerprint density at radius 2 is 1.73 bits per heavy atom. The maximum atomic E-state index is 13.2. The van der Waals surface area contributed by atoms with Crippen LogP contribution in [0.15, 0.2) is 59.5 Å². The number of hydroxylamine groups is 1. The average Bonchev–Trinajstić information content (AvgIpc) is 3.44. The molecule has 0 unspecified atom stereocenters. The van der Waals surface area contributed by atoms with E-state index in [-0.39, 0.29) is 24.3 Å². The summed E-state index contributed by atoms with van der Waals surface area (Å²) < 4.78 is 32.8. The van der Waals surface area contributed by atoms with Gasteiger partial charge < -0.3 is 9.84 Å². The molecule has 8 nitrogen and oxygen atoms in total. The maximum absolute atomic E-state index is 13.2. The van der Waals surface area contributed by atoms with Crippen LogP contribution in [0.5, 0.6) is 0 Å². The van der Waals surface area contributed by atoms with Gasteiger partial charge >= 0.3 is 11.9 Å². The predicted octanol–water partition coefficient (Wildman–Crippen LogP) is 2.45. The van der Waals surface area contributed by atoms with Crippen molar-refractivity contribution in [2.24, 2.45) is 5.41 Å². The Bertz CT molecular complexity index is 1060. The summed E-state index contributed by atoms with van der Waals surface area (Å²) in [4.78, 5) is 29.5. The molecule has 0 spiro atoms. The molecular weight excluding hydrogens is 410 g/mol. The zero-order valence-corrected chi connectivity index (χ0v) is 17.0. The Morgan fingerprint density at radius 1 is 1.10 bits per heavy atom. The minimum atomic E-state index is -4.05. The molecule has 1 saturated heterocycles. The van der Waals surface area contributed by atoms with Gasteiger partial charge in [0, 0.05) is 0 Å². The van der Waals surface area contributed by atoms with E-state index >= 15 is 0 Å². The first kappa shape index (κ1) is 20.5. The number of hydrogen-bond acceptors (Lipinski definition) is 6. The second kappa shape index (κ2) is 7.50. The van der Waals surface area contributed by atoms with Crippen LogP contribution in [0, 0.1) is 12.3 Å². The summed E-state index contributed by atoms with van der Waals surface area (Å²) in [5, 5.41) is 9.34. The van der Waals surface area contributed by atoms with Gasteiger partial charge in [0.15, 0.2) is 11.5 Å². The van der Waals surface area contributed by atoms with E-state index in [0.717, 1.165) is 10.0 Å². The number of esters is 1. The monoisotopic (exact) mass is 431 g/mol. The minimum absolute atomic E-state index is 0.0465. The van der Waals surface area contributed by atoms with E-state index in [4.69, 9.17) is 9.57 Å². The molecular formula is C21H21NO7S. The summed E-state index contributed by atoms with van der Waals surface area (Å²) >= 11 is 0. The lowest BCUT2D eigenvalue weighted by atomic mass is 10.0. The summed E-state index contributed by atoms with van der Waals surface area (Å²) in [6, 6.07) is 14.1. The van der Waals surface area contributed by atoms with Crippen molar-refractivity contribution in [1.82, 2.24) is 4.47 Å². The van der Waals surface area contributed by atoms with E-state index in [9.17, 15) is 23.1 Å². The number of aliphatic carboxylic acids is 1. The van der Waals surface area contributed by atoms with Crippen molar-refractivity contribution in [2.45, 2.75) is 36.8 Å². The number of hydrogen-bond donors (Lipinski definition) is 1. The predicted molar refractivity (Wildman–Crippen MR) is 105 cm³/mol. The first-order valence-electron chi connectivity index (χ1n) is 9.49. The lowest BCUT2D eigenvalue weighted by molar-refractivity contribution is -0.165. The van der Waals surface area contributed by atoms with Crippen LogP contribution in [0.2, 0.25) is 0 Å². The van der Waals surface area contributed by atoms with E-state index in [1.165, 1.54) is 12.1 Å². The molecule has 30 heavy (non-hydrogen) atoms. The van der Waals surface area contributed by atoms with Gasteiger partial charge in [-0.25, -0.2) is 8.42 Å². The van der Waals surface area contributed by atoms with Crippen molar-refractivity contribution in [1.29, 1.82) is 0 Å². The van der Waals surface area contributed by atoms with Crippen molar-refractivity contribution in [3.8, 4) is 0 Å². The van der Waals surface area contributed by atoms with Gasteiger partial charge in [0.25, 0.3) is 10.0 Å². The lowest BCUT2D eigenvalue weighted by Gasteiger charge is -2.26. The van der Waals surface area contributed by atoms with Crippen LogP contribution in [0.1, 0.15) is 30.0 Å². The van der Waals surface area contributed by atoms with E-state index in [2.05, 4.69) is 0 Å². The molecule has 0 aromatic heterocycles. The molecule has 4 rings (SSSR count). The Hall–Kier alpha value is -2.75. The highest BCUT2D eigenvalue weighted by Gasteiger charge is 2.60. The number of carbonyl (C=O) groups is 2. The number of ether oxygens (including phenoxy) is 1. The minimum Gasteiger partial charge on any atom is -0.480 e. The summed E-state index contributed by atoms with van der Waals surface area (Å²) in [5.41, 5.74) is -0.0559. The number of carbonyl (C=O) groups excluding carboxylic acids is 1. The molecule has 0 amide bonds. The zero-order chi connectivity index (χ0) is 21.5. The second-order valence-corrected chi connectivity index (χ2v) is 9.34. The van der Waals surface area contributed by atoms with Gasteiger partial charge in [-0.05, 0) is 37.5 Å². The Labute approximate surface area is 174 Å². The first-order valence-corrected chi connectivity index (χ1v) is 10.9. The largest absolute Gasteiger partial charge is 0.480 e. The Balaban J connectivity index is 1.67. The Morgan fingerprint density at radius 3 is 2.30 bits per heavy atom. The third kappa shape index (κ3) is 3.49. The van der Waals surface area contributed by atoms with Crippen LogP contribution >= 0.6 is 0 Å². The molecule has 158 valence electrons. The first-order chi connectivity index (χ1) is 14.3. The molecule has 1 heterocycles. The molecule has 1 aliphatic heterocycles. The third-order valence-corrected chi connectivity index (χ3v) is 7.12. The van der Waals surface area contributed by atoms with Crippen LogP contribution in [-0.4, -0.2) is 42.6 Å². The molecule has 0 bridgehead atoms. The van der Waals surface area contributed by atoms with Crippen molar-refractivity contribution >= 4 is 22.0 Å². The van der Waals surface area contributed by atoms with Crippen LogP contribution in [0.25, 0.3) is 0 Å². The van der Waals surface area contributed by atoms with Crippen molar-refractivity contribution < 1.29 is 32.7 Å². The van der Waals surface area contributed by atoms with Gasteiger partial charge in [-0.3, -0.25) is 14.4 Å². The third-order valence-electron chi connectivity index (χ3n) is 5.45. The Kier molecular flexibility index (Phi) is 5.13. The maximum Gasteiger partial charge on any atom is 0.323 e. The van der Waals surface area contributed by atoms with E-state index < -0.39 is 39.5 Å². The number of aryl methyl sites for hydroxylation is 1. The molecule has 2 aromatic rings. The van der Waals surface area contributed by atoms with Crippen LogP contribution < -0.4 is 0 Å². The number of rotatable bonds is 6. The molecule has 2 atom stereocenters. The molecule has 0 radical (unpaired) electrons. The van der Waals surface area contributed by atoms with Crippen molar-refractivity contribution in [3.05, 3.63) is 65.7 Å². The van der Waals surface area contributed by atoms with Crippen molar-refractivity contribution in [2.75, 3.05) is 6.61 Å². The van der Waals surface area contributed by atoms with E-state index in [1.54, 1.807) is 42.5 Å².